The van der Waals surface area contributed by atoms with Gasteiger partial charge in [-0.05, 0) is 30.5 Å². The zero-order valence-corrected chi connectivity index (χ0v) is 15.4. The minimum Gasteiger partial charge on any atom is -0.481 e. The smallest absolute Gasteiger partial charge is 0.338 e. The summed E-state index contributed by atoms with van der Waals surface area (Å²) in [7, 11) is 2.37. The first-order valence-electron chi connectivity index (χ1n) is 8.36. The number of carbonyl (C=O) groups is 4. The number of nitrogens with zero attached hydrogens (tertiary/aromatic N) is 1. The lowest BCUT2D eigenvalue weighted by Crippen LogP contribution is -2.47. The molecule has 0 radical (unpaired) electrons. The number of hydrogen-bond acceptors (Lipinski definition) is 6. The van der Waals surface area contributed by atoms with Gasteiger partial charge in [-0.1, -0.05) is 6.92 Å². The second-order valence-electron chi connectivity index (χ2n) is 6.45. The summed E-state index contributed by atoms with van der Waals surface area (Å²) < 4.78 is 9.30. The molecule has 1 heterocycles. The molecule has 9 heteroatoms. The summed E-state index contributed by atoms with van der Waals surface area (Å²) in [5, 5.41) is 11.9. The van der Waals surface area contributed by atoms with Crippen molar-refractivity contribution in [2.24, 2.45) is 11.8 Å². The number of anilines is 1. The maximum absolute atomic E-state index is 12.5. The van der Waals surface area contributed by atoms with Crippen molar-refractivity contribution in [3.05, 3.63) is 29.3 Å². The minimum absolute atomic E-state index is 0.0138. The number of nitrogens with one attached hydrogen (secondary N) is 1. The lowest BCUT2D eigenvalue weighted by atomic mass is 9.91. The van der Waals surface area contributed by atoms with Crippen LogP contribution in [-0.4, -0.2) is 61.3 Å². The zero-order valence-electron chi connectivity index (χ0n) is 15.4. The maximum Gasteiger partial charge on any atom is 0.338 e. The second-order valence-corrected chi connectivity index (χ2v) is 6.45. The van der Waals surface area contributed by atoms with Gasteiger partial charge in [-0.25, -0.2) is 14.4 Å². The molecule has 1 aromatic carbocycles. The van der Waals surface area contributed by atoms with E-state index in [2.05, 4.69) is 14.8 Å². The molecule has 0 aromatic heterocycles. The largest absolute Gasteiger partial charge is 0.481 e. The van der Waals surface area contributed by atoms with Crippen LogP contribution < -0.4 is 5.32 Å². The first kappa shape index (κ1) is 20.2. The number of carboxylic acid groups (broad SMARTS) is 1. The number of likely N-dealkylation sites (tertiary alicyclic amines) is 1. The van der Waals surface area contributed by atoms with Gasteiger partial charge in [0.1, 0.15) is 0 Å². The fourth-order valence-corrected chi connectivity index (χ4v) is 3.09. The zero-order chi connectivity index (χ0) is 20.1. The fraction of sp³-hybridized carbons (Fsp3) is 0.444. The van der Waals surface area contributed by atoms with Crippen molar-refractivity contribution in [1.29, 1.82) is 0 Å². The number of esters is 2. The number of amides is 2. The van der Waals surface area contributed by atoms with Gasteiger partial charge >= 0.3 is 23.9 Å². The van der Waals surface area contributed by atoms with E-state index >= 15 is 0 Å². The summed E-state index contributed by atoms with van der Waals surface area (Å²) in [6.45, 7) is 2.42. The Bertz CT molecular complexity index is 762. The Hall–Kier alpha value is -3.10. The molecule has 2 unspecified atom stereocenters. The number of hydrogen-bond donors (Lipinski definition) is 2. The van der Waals surface area contributed by atoms with Gasteiger partial charge in [0.15, 0.2) is 0 Å². The third kappa shape index (κ3) is 4.75. The van der Waals surface area contributed by atoms with Crippen molar-refractivity contribution in [1.82, 2.24) is 4.90 Å². The summed E-state index contributed by atoms with van der Waals surface area (Å²) in [5.74, 6) is -2.95. The van der Waals surface area contributed by atoms with Crippen LogP contribution in [0, 0.1) is 11.8 Å². The molecule has 9 nitrogen and oxygen atoms in total. The molecule has 146 valence electrons. The third-order valence-corrected chi connectivity index (χ3v) is 4.38. The Labute approximate surface area is 156 Å². The Morgan fingerprint density at radius 3 is 2.30 bits per heavy atom. The Morgan fingerprint density at radius 2 is 1.70 bits per heavy atom. The molecule has 2 amide bonds. The van der Waals surface area contributed by atoms with Gasteiger partial charge in [0.2, 0.25) is 0 Å². The van der Waals surface area contributed by atoms with Gasteiger partial charge in [-0.3, -0.25) is 4.79 Å². The first-order valence-corrected chi connectivity index (χ1v) is 8.36. The molecule has 27 heavy (non-hydrogen) atoms. The number of carboxylic acids is 1. The van der Waals surface area contributed by atoms with Gasteiger partial charge in [-0.15, -0.1) is 0 Å². The fourth-order valence-electron chi connectivity index (χ4n) is 3.09. The van der Waals surface area contributed by atoms with Crippen LogP contribution in [0.3, 0.4) is 0 Å². The second kappa shape index (κ2) is 8.52. The molecule has 2 N–H and O–H groups in total. The van der Waals surface area contributed by atoms with Crippen LogP contribution in [0.4, 0.5) is 10.5 Å². The molecule has 2 atom stereocenters. The number of aliphatic carboxylic acids is 1. The van der Waals surface area contributed by atoms with Crippen LogP contribution in [0.5, 0.6) is 0 Å². The van der Waals surface area contributed by atoms with Gasteiger partial charge in [0.05, 0.1) is 31.3 Å². The molecule has 0 bridgehead atoms. The molecule has 1 saturated heterocycles. The standard InChI is InChI=1S/C18H22N2O7/c1-10-6-11(15(21)22)9-20(8-10)18(25)19-12-4-5-13(16(23)26-2)14(7-12)17(24)27-3/h4-5,7,10-11H,6,8-9H2,1-3H3,(H,19,25)(H,21,22). The minimum atomic E-state index is -0.935. The first-order chi connectivity index (χ1) is 12.8. The molecule has 2 rings (SSSR count). The van der Waals surface area contributed by atoms with Crippen molar-refractivity contribution < 1.29 is 33.8 Å². The van der Waals surface area contributed by atoms with E-state index in [1.807, 2.05) is 6.92 Å². The van der Waals surface area contributed by atoms with E-state index in [4.69, 9.17) is 0 Å². The highest BCUT2D eigenvalue weighted by atomic mass is 16.5. The van der Waals surface area contributed by atoms with Crippen molar-refractivity contribution in [2.45, 2.75) is 13.3 Å². The Morgan fingerprint density at radius 1 is 1.07 bits per heavy atom. The molecule has 1 aromatic rings. The highest BCUT2D eigenvalue weighted by molar-refractivity contribution is 6.04. The van der Waals surface area contributed by atoms with Crippen LogP contribution in [0.2, 0.25) is 0 Å². The summed E-state index contributed by atoms with van der Waals surface area (Å²) in [6.07, 6.45) is 0.513. The van der Waals surface area contributed by atoms with Crippen LogP contribution in [-0.2, 0) is 14.3 Å². The van der Waals surface area contributed by atoms with Crippen LogP contribution >= 0.6 is 0 Å². The highest BCUT2D eigenvalue weighted by Crippen LogP contribution is 2.23. The summed E-state index contributed by atoms with van der Waals surface area (Å²) in [6, 6.07) is 3.65. The third-order valence-electron chi connectivity index (χ3n) is 4.38. The predicted octanol–water partition coefficient (Wildman–Crippen LogP) is 1.83. The lowest BCUT2D eigenvalue weighted by Gasteiger charge is -2.34. The van der Waals surface area contributed by atoms with Crippen molar-refractivity contribution in [3.63, 3.8) is 0 Å². The number of ether oxygens (including phenoxy) is 2. The van der Waals surface area contributed by atoms with Gasteiger partial charge in [0, 0.05) is 18.8 Å². The number of methoxy groups -OCH3 is 2. The van der Waals surface area contributed by atoms with E-state index < -0.39 is 29.9 Å². The summed E-state index contributed by atoms with van der Waals surface area (Å²) in [4.78, 5) is 48.9. The SMILES string of the molecule is COC(=O)c1ccc(NC(=O)N2CC(C)CC(C(=O)O)C2)cc1C(=O)OC. The molecular formula is C18H22N2O7. The van der Waals surface area contributed by atoms with Gasteiger partial charge in [0.25, 0.3) is 0 Å². The average molecular weight is 378 g/mol. The molecule has 0 spiro atoms. The van der Waals surface area contributed by atoms with Crippen LogP contribution in [0.25, 0.3) is 0 Å². The van der Waals surface area contributed by atoms with E-state index in [9.17, 15) is 24.3 Å². The highest BCUT2D eigenvalue weighted by Gasteiger charge is 2.32. The molecule has 0 saturated carbocycles. The van der Waals surface area contributed by atoms with Crippen molar-refractivity contribution >= 4 is 29.6 Å². The van der Waals surface area contributed by atoms with E-state index in [1.54, 1.807) is 0 Å². The van der Waals surface area contributed by atoms with Gasteiger partial charge in [-0.2, -0.15) is 0 Å². The van der Waals surface area contributed by atoms with E-state index in [0.29, 0.717) is 13.0 Å². The number of urea groups is 1. The van der Waals surface area contributed by atoms with E-state index in [0.717, 1.165) is 0 Å². The summed E-state index contributed by atoms with van der Waals surface area (Å²) >= 11 is 0. The molecule has 1 aliphatic heterocycles. The number of rotatable bonds is 4. The lowest BCUT2D eigenvalue weighted by molar-refractivity contribution is -0.143. The summed E-state index contributed by atoms with van der Waals surface area (Å²) in [5.41, 5.74) is 0.246. The maximum atomic E-state index is 12.5. The normalized spacial score (nSPS) is 19.1. The number of carbonyl (C=O) groups excluding carboxylic acids is 3. The van der Waals surface area contributed by atoms with Crippen molar-refractivity contribution in [3.8, 4) is 0 Å². The topological polar surface area (TPSA) is 122 Å². The van der Waals surface area contributed by atoms with Crippen LogP contribution in [0.1, 0.15) is 34.1 Å². The number of piperidine rings is 1. The average Bonchev–Trinajstić information content (AvgIpc) is 2.66. The predicted molar refractivity (Wildman–Crippen MR) is 94.6 cm³/mol. The Balaban J connectivity index is 2.21. The monoisotopic (exact) mass is 378 g/mol. The quantitative estimate of drug-likeness (QED) is 0.766. The van der Waals surface area contributed by atoms with Crippen molar-refractivity contribution in [2.75, 3.05) is 32.6 Å². The Kier molecular flexibility index (Phi) is 6.38. The molecule has 1 aliphatic rings. The molecule has 0 aliphatic carbocycles. The van der Waals surface area contributed by atoms with E-state index in [1.165, 1.54) is 37.3 Å². The number of benzene rings is 1. The molecule has 1 fully saturated rings. The van der Waals surface area contributed by atoms with Crippen LogP contribution in [0.15, 0.2) is 18.2 Å². The van der Waals surface area contributed by atoms with E-state index in [-0.39, 0.29) is 29.3 Å². The molecular weight excluding hydrogens is 356 g/mol. The van der Waals surface area contributed by atoms with Gasteiger partial charge < -0.3 is 24.8 Å².